The maximum absolute atomic E-state index is 2.56. The first-order valence-corrected chi connectivity index (χ1v) is 24.6. The Morgan fingerprint density at radius 3 is 1.01 bits per heavy atom. The second-order valence-electron chi connectivity index (χ2n) is 20.2. The Bertz CT molecular complexity index is 3290. The van der Waals surface area contributed by atoms with E-state index in [-0.39, 0.29) is 11.8 Å². The van der Waals surface area contributed by atoms with Crippen molar-refractivity contribution in [1.82, 2.24) is 0 Å². The van der Waals surface area contributed by atoms with Gasteiger partial charge in [-0.2, -0.15) is 0 Å². The molecule has 0 saturated carbocycles. The molecule has 0 saturated heterocycles. The number of rotatable bonds is 10. The van der Waals surface area contributed by atoms with Gasteiger partial charge in [0.25, 0.3) is 0 Å². The van der Waals surface area contributed by atoms with E-state index in [1.165, 1.54) is 133 Å². The average Bonchev–Trinajstić information content (AvgIpc) is 3.30. The van der Waals surface area contributed by atoms with Crippen LogP contribution in [0.2, 0.25) is 0 Å². The lowest BCUT2D eigenvalue weighted by molar-refractivity contribution is 0.875. The van der Waals surface area contributed by atoms with Crippen molar-refractivity contribution in [2.45, 2.75) is 94.9 Å². The Balaban J connectivity index is 1.32. The third-order valence-corrected chi connectivity index (χ3v) is 14.6. The Hall–Kier alpha value is -7.16. The van der Waals surface area contributed by atoms with Crippen LogP contribution in [0.25, 0.3) is 54.6 Å². The summed E-state index contributed by atoms with van der Waals surface area (Å²) in [5.74, 6) is 0.561. The molecule has 0 fully saturated rings. The summed E-state index contributed by atoms with van der Waals surface area (Å²) in [6, 6.07) is 60.2. The van der Waals surface area contributed by atoms with Gasteiger partial charge in [-0.25, -0.2) is 0 Å². The standard InChI is InChI=1S/C66H64N2/c1-39(2)57-37-61(67(51-23-13-17-41(5)33-51)59-35-49(27-25-43(59)7)63-45(9)19-15-20-46(63)10)55-32-30-54-58(40(3)4)38-62(56-31-29-53(57)65(55)66(54)56)68(52-24-14-18-42(6)34-52)60-36-50(28-26-44(60)8)64-47(11)21-16-22-48(64)12/h13-40H,1-12H3. The van der Waals surface area contributed by atoms with Crippen LogP contribution in [0.1, 0.15) is 95.2 Å². The van der Waals surface area contributed by atoms with E-state index >= 15 is 0 Å². The van der Waals surface area contributed by atoms with Crippen LogP contribution in [0.4, 0.5) is 34.1 Å². The molecule has 2 nitrogen and oxygen atoms in total. The van der Waals surface area contributed by atoms with Crippen LogP contribution in [0.3, 0.4) is 0 Å². The summed E-state index contributed by atoms with van der Waals surface area (Å²) in [4.78, 5) is 5.12. The monoisotopic (exact) mass is 885 g/mol. The highest BCUT2D eigenvalue weighted by Gasteiger charge is 2.28. The summed E-state index contributed by atoms with van der Waals surface area (Å²) in [7, 11) is 0. The van der Waals surface area contributed by atoms with Gasteiger partial charge < -0.3 is 9.80 Å². The minimum Gasteiger partial charge on any atom is -0.310 e. The Morgan fingerprint density at radius 1 is 0.309 bits per heavy atom. The van der Waals surface area contributed by atoms with Gasteiger partial charge in [0, 0.05) is 33.5 Å². The topological polar surface area (TPSA) is 6.48 Å². The fraction of sp³-hybridized carbons (Fsp3) is 0.212. The first-order chi connectivity index (χ1) is 32.7. The van der Waals surface area contributed by atoms with Crippen LogP contribution in [0.5, 0.6) is 0 Å². The molecule has 0 atom stereocenters. The van der Waals surface area contributed by atoms with Gasteiger partial charge in [0.2, 0.25) is 0 Å². The first kappa shape index (κ1) is 44.7. The summed E-state index contributed by atoms with van der Waals surface area (Å²) in [6.45, 7) is 27.3. The smallest absolute Gasteiger partial charge is 0.0543 e. The second-order valence-corrected chi connectivity index (χ2v) is 20.2. The maximum Gasteiger partial charge on any atom is 0.0543 e. The number of anilines is 6. The van der Waals surface area contributed by atoms with E-state index in [1.54, 1.807) is 0 Å². The highest BCUT2D eigenvalue weighted by Crippen LogP contribution is 2.52. The quantitative estimate of drug-likeness (QED) is 0.126. The highest BCUT2D eigenvalue weighted by atomic mass is 15.2. The van der Waals surface area contributed by atoms with Crippen molar-refractivity contribution in [3.8, 4) is 22.3 Å². The van der Waals surface area contributed by atoms with Crippen molar-refractivity contribution in [3.05, 3.63) is 213 Å². The largest absolute Gasteiger partial charge is 0.310 e. The molecule has 10 rings (SSSR count). The molecule has 10 aromatic carbocycles. The number of nitrogens with zero attached hydrogens (tertiary/aromatic N) is 2. The van der Waals surface area contributed by atoms with Crippen LogP contribution in [0.15, 0.2) is 158 Å². The van der Waals surface area contributed by atoms with Gasteiger partial charge in [0.15, 0.2) is 0 Å². The molecule has 338 valence electrons. The predicted molar refractivity (Wildman–Crippen MR) is 296 cm³/mol. The minimum atomic E-state index is 0.280. The predicted octanol–water partition coefficient (Wildman–Crippen LogP) is 19.6. The lowest BCUT2D eigenvalue weighted by Gasteiger charge is -2.33. The zero-order valence-electron chi connectivity index (χ0n) is 42.1. The Morgan fingerprint density at radius 2 is 0.662 bits per heavy atom. The molecule has 0 aliphatic heterocycles. The van der Waals surface area contributed by atoms with E-state index in [0.717, 1.165) is 11.4 Å². The summed E-state index contributed by atoms with van der Waals surface area (Å²) in [5.41, 5.74) is 25.0. The number of hydrogen-bond donors (Lipinski definition) is 0. The average molecular weight is 885 g/mol. The molecule has 0 radical (unpaired) electrons. The molecule has 0 heterocycles. The number of benzene rings is 10. The number of aryl methyl sites for hydroxylation is 8. The van der Waals surface area contributed by atoms with Crippen molar-refractivity contribution in [2.24, 2.45) is 0 Å². The van der Waals surface area contributed by atoms with Gasteiger partial charge in [-0.1, -0.05) is 137 Å². The van der Waals surface area contributed by atoms with E-state index in [2.05, 4.69) is 251 Å². The fourth-order valence-electron chi connectivity index (χ4n) is 11.2. The zero-order valence-corrected chi connectivity index (χ0v) is 42.1. The van der Waals surface area contributed by atoms with Crippen molar-refractivity contribution in [1.29, 1.82) is 0 Å². The van der Waals surface area contributed by atoms with Crippen molar-refractivity contribution >= 4 is 66.4 Å². The van der Waals surface area contributed by atoms with Crippen LogP contribution in [-0.2, 0) is 0 Å². The normalized spacial score (nSPS) is 11.8. The highest BCUT2D eigenvalue weighted by molar-refractivity contribution is 6.29. The fourth-order valence-corrected chi connectivity index (χ4v) is 11.2. The molecular weight excluding hydrogens is 821 g/mol. The maximum atomic E-state index is 2.56. The lowest BCUT2D eigenvalue weighted by atomic mass is 9.83. The molecule has 0 N–H and O–H groups in total. The van der Waals surface area contributed by atoms with Gasteiger partial charge in [-0.05, 0) is 215 Å². The molecule has 10 aromatic rings. The van der Waals surface area contributed by atoms with E-state index in [9.17, 15) is 0 Å². The van der Waals surface area contributed by atoms with Gasteiger partial charge >= 0.3 is 0 Å². The second kappa shape index (κ2) is 17.5. The molecule has 68 heavy (non-hydrogen) atoms. The van der Waals surface area contributed by atoms with Crippen LogP contribution in [-0.4, -0.2) is 0 Å². The van der Waals surface area contributed by atoms with Gasteiger partial charge in [-0.15, -0.1) is 0 Å². The molecule has 0 unspecified atom stereocenters. The van der Waals surface area contributed by atoms with E-state index in [4.69, 9.17) is 0 Å². The van der Waals surface area contributed by atoms with Crippen LogP contribution in [0, 0.1) is 55.4 Å². The van der Waals surface area contributed by atoms with Gasteiger partial charge in [0.1, 0.15) is 0 Å². The number of hydrogen-bond acceptors (Lipinski definition) is 2. The first-order valence-electron chi connectivity index (χ1n) is 24.6. The third-order valence-electron chi connectivity index (χ3n) is 14.6. The van der Waals surface area contributed by atoms with Crippen LogP contribution >= 0.6 is 0 Å². The summed E-state index contributed by atoms with van der Waals surface area (Å²) >= 11 is 0. The summed E-state index contributed by atoms with van der Waals surface area (Å²) in [6.07, 6.45) is 0. The van der Waals surface area contributed by atoms with Crippen LogP contribution < -0.4 is 9.80 Å². The van der Waals surface area contributed by atoms with E-state index in [0.29, 0.717) is 0 Å². The SMILES string of the molecule is Cc1cccc(N(c2cc(-c3c(C)cccc3C)ccc2C)c2cc(C(C)C)c3ccc4c(N(c5cccc(C)c5)c5cc(-c6c(C)cccc6C)ccc5C)cc(C(C)C)c5ccc2c3c54)c1. The zero-order chi connectivity index (χ0) is 47.7. The molecular formula is C66H64N2. The lowest BCUT2D eigenvalue weighted by Crippen LogP contribution is -2.14. The minimum absolute atomic E-state index is 0.280. The molecule has 0 aromatic heterocycles. The third kappa shape index (κ3) is 7.61. The van der Waals surface area contributed by atoms with Gasteiger partial charge in [0.05, 0.1) is 11.4 Å². The van der Waals surface area contributed by atoms with Crippen molar-refractivity contribution < 1.29 is 0 Å². The molecule has 0 bridgehead atoms. The van der Waals surface area contributed by atoms with Crippen molar-refractivity contribution in [3.63, 3.8) is 0 Å². The van der Waals surface area contributed by atoms with E-state index in [1.807, 2.05) is 0 Å². The Labute approximate surface area is 404 Å². The molecule has 0 aliphatic rings. The molecule has 0 aliphatic carbocycles. The summed E-state index contributed by atoms with van der Waals surface area (Å²) < 4.78 is 0. The van der Waals surface area contributed by atoms with Gasteiger partial charge in [-0.3, -0.25) is 0 Å². The van der Waals surface area contributed by atoms with Crippen molar-refractivity contribution in [2.75, 3.05) is 9.80 Å². The molecule has 0 spiro atoms. The molecule has 0 amide bonds. The van der Waals surface area contributed by atoms with E-state index < -0.39 is 0 Å². The summed E-state index contributed by atoms with van der Waals surface area (Å²) in [5, 5.41) is 7.81. The Kier molecular flexibility index (Phi) is 11.5. The molecule has 2 heteroatoms.